The van der Waals surface area contributed by atoms with Crippen LogP contribution in [-0.2, 0) is 19.0 Å². The maximum absolute atomic E-state index is 13.1. The van der Waals surface area contributed by atoms with Crippen molar-refractivity contribution in [3.63, 3.8) is 0 Å². The van der Waals surface area contributed by atoms with Gasteiger partial charge in [-0.2, -0.15) is 26.3 Å². The van der Waals surface area contributed by atoms with Crippen LogP contribution in [0.25, 0.3) is 10.1 Å². The monoisotopic (exact) mass is 404 g/mol. The molecular formula is C18H10F6O2S. The van der Waals surface area contributed by atoms with Crippen LogP contribution in [0.1, 0.15) is 26.4 Å². The lowest BCUT2D eigenvalue weighted by Gasteiger charge is -2.16. The Labute approximate surface area is 153 Å². The number of benzene rings is 2. The predicted octanol–water partition coefficient (Wildman–Crippen LogP) is 6.33. The van der Waals surface area contributed by atoms with E-state index in [0.29, 0.717) is 34.1 Å². The molecule has 0 fully saturated rings. The fourth-order valence-electron chi connectivity index (χ4n) is 2.51. The summed E-state index contributed by atoms with van der Waals surface area (Å²) in [5.74, 6) is 0.187. The highest BCUT2D eigenvalue weighted by molar-refractivity contribution is 7.20. The average molecular weight is 404 g/mol. The van der Waals surface area contributed by atoms with Gasteiger partial charge < -0.3 is 4.74 Å². The summed E-state index contributed by atoms with van der Waals surface area (Å²) in [6.07, 6.45) is -8.90. The Morgan fingerprint density at radius 3 is 2.30 bits per heavy atom. The van der Waals surface area contributed by atoms with Gasteiger partial charge in [-0.15, -0.1) is 11.3 Å². The molecule has 0 saturated carbocycles. The average Bonchev–Trinajstić information content (AvgIpc) is 3.00. The second kappa shape index (κ2) is 6.88. The topological polar surface area (TPSA) is 26.3 Å². The lowest BCUT2D eigenvalue weighted by Crippen LogP contribution is -2.14. The number of carbonyl (C=O) groups excluding carboxylic acids is 1. The first-order chi connectivity index (χ1) is 12.6. The first-order valence-electron chi connectivity index (χ1n) is 7.47. The Morgan fingerprint density at radius 2 is 1.67 bits per heavy atom. The molecule has 0 aliphatic heterocycles. The van der Waals surface area contributed by atoms with E-state index >= 15 is 0 Å². The number of carbonyl (C=O) groups is 1. The predicted molar refractivity (Wildman–Crippen MR) is 88.0 cm³/mol. The smallest absolute Gasteiger partial charge is 0.416 e. The van der Waals surface area contributed by atoms with Gasteiger partial charge in [-0.1, -0.05) is 0 Å². The minimum absolute atomic E-state index is 0.187. The molecule has 0 N–H and O–H groups in total. The van der Waals surface area contributed by atoms with Crippen LogP contribution in [0.5, 0.6) is 5.75 Å². The van der Waals surface area contributed by atoms with E-state index in [2.05, 4.69) is 0 Å². The Balaban J connectivity index is 1.90. The second-order valence-corrected chi connectivity index (χ2v) is 6.74. The van der Waals surface area contributed by atoms with Crippen LogP contribution in [0.15, 0.2) is 42.5 Å². The molecule has 2 nitrogen and oxygen atoms in total. The van der Waals surface area contributed by atoms with Gasteiger partial charge in [0.1, 0.15) is 12.4 Å². The van der Waals surface area contributed by atoms with Crippen molar-refractivity contribution in [2.24, 2.45) is 0 Å². The van der Waals surface area contributed by atoms with Crippen LogP contribution in [0.3, 0.4) is 0 Å². The SMILES string of the molecule is O=Cc1cc2ccc(OCc3cc(C(F)(F)F)ccc3C(F)(F)F)cc2s1. The van der Waals surface area contributed by atoms with Gasteiger partial charge in [0, 0.05) is 10.3 Å². The number of alkyl halides is 6. The molecule has 9 heteroatoms. The molecule has 2 aromatic carbocycles. The summed E-state index contributed by atoms with van der Waals surface area (Å²) in [4.78, 5) is 11.3. The van der Waals surface area contributed by atoms with E-state index < -0.39 is 35.6 Å². The van der Waals surface area contributed by atoms with Crippen molar-refractivity contribution in [2.45, 2.75) is 19.0 Å². The Kier molecular flexibility index (Phi) is 4.90. The molecule has 0 spiro atoms. The van der Waals surface area contributed by atoms with Crippen LogP contribution in [0.4, 0.5) is 26.3 Å². The molecule has 3 rings (SSSR count). The minimum atomic E-state index is -4.81. The van der Waals surface area contributed by atoms with Gasteiger partial charge in [0.25, 0.3) is 0 Å². The van der Waals surface area contributed by atoms with Crippen molar-refractivity contribution in [1.82, 2.24) is 0 Å². The number of ether oxygens (including phenoxy) is 1. The van der Waals surface area contributed by atoms with Gasteiger partial charge in [0.05, 0.1) is 16.0 Å². The third-order valence-corrected chi connectivity index (χ3v) is 4.78. The van der Waals surface area contributed by atoms with E-state index in [1.165, 1.54) is 23.5 Å². The van der Waals surface area contributed by atoms with Crippen molar-refractivity contribution in [2.75, 3.05) is 0 Å². The van der Waals surface area contributed by atoms with Gasteiger partial charge >= 0.3 is 12.4 Å². The summed E-state index contributed by atoms with van der Waals surface area (Å²) in [6.45, 7) is -0.684. The maximum Gasteiger partial charge on any atom is 0.416 e. The normalized spacial score (nSPS) is 12.4. The third kappa shape index (κ3) is 4.24. The van der Waals surface area contributed by atoms with Crippen molar-refractivity contribution >= 4 is 27.7 Å². The molecule has 27 heavy (non-hydrogen) atoms. The van der Waals surface area contributed by atoms with Crippen LogP contribution >= 0.6 is 11.3 Å². The fourth-order valence-corrected chi connectivity index (χ4v) is 3.41. The standard InChI is InChI=1S/C18H10F6O2S/c19-17(20,21)12-2-4-15(18(22,23)24)11(5-12)9-26-13-3-1-10-6-14(8-25)27-16(10)7-13/h1-8H,9H2. The molecule has 0 unspecified atom stereocenters. The van der Waals surface area contributed by atoms with Gasteiger partial charge in [0.2, 0.25) is 0 Å². The van der Waals surface area contributed by atoms with E-state index in [0.717, 1.165) is 5.39 Å². The van der Waals surface area contributed by atoms with E-state index in [9.17, 15) is 31.1 Å². The molecule has 0 aliphatic carbocycles. The van der Waals surface area contributed by atoms with Crippen LogP contribution in [-0.4, -0.2) is 6.29 Å². The largest absolute Gasteiger partial charge is 0.489 e. The van der Waals surface area contributed by atoms with Crippen molar-refractivity contribution in [3.05, 3.63) is 64.0 Å². The number of aldehydes is 1. The van der Waals surface area contributed by atoms with Gasteiger partial charge in [-0.25, -0.2) is 0 Å². The Hall–Kier alpha value is -2.55. The number of hydrogen-bond acceptors (Lipinski definition) is 3. The van der Waals surface area contributed by atoms with E-state index in [1.807, 2.05) is 0 Å². The van der Waals surface area contributed by atoms with Crippen molar-refractivity contribution < 1.29 is 35.9 Å². The molecular weight excluding hydrogens is 394 g/mol. The summed E-state index contributed by atoms with van der Waals surface area (Å²) in [6, 6.07) is 7.50. The molecule has 0 atom stereocenters. The molecule has 1 heterocycles. The Morgan fingerprint density at radius 1 is 0.926 bits per heavy atom. The maximum atomic E-state index is 13.1. The summed E-state index contributed by atoms with van der Waals surface area (Å²) in [5, 5.41) is 0.754. The molecule has 3 aromatic rings. The first kappa shape index (κ1) is 19.2. The number of rotatable bonds is 4. The summed E-state index contributed by atoms with van der Waals surface area (Å²) in [5.41, 5.74) is -2.98. The molecule has 0 aliphatic rings. The Bertz CT molecular complexity index is 988. The van der Waals surface area contributed by atoms with Crippen LogP contribution < -0.4 is 4.74 Å². The zero-order chi connectivity index (χ0) is 19.8. The molecule has 0 bridgehead atoms. The van der Waals surface area contributed by atoms with Crippen LogP contribution in [0, 0.1) is 0 Å². The minimum Gasteiger partial charge on any atom is -0.489 e. The van der Waals surface area contributed by atoms with Crippen molar-refractivity contribution in [3.8, 4) is 5.75 Å². The van der Waals surface area contributed by atoms with Gasteiger partial charge in [-0.3, -0.25) is 4.79 Å². The highest BCUT2D eigenvalue weighted by atomic mass is 32.1. The number of halogens is 6. The zero-order valence-corrected chi connectivity index (χ0v) is 14.1. The molecule has 0 saturated heterocycles. The molecule has 0 radical (unpaired) electrons. The van der Waals surface area contributed by atoms with E-state index in [1.54, 1.807) is 12.1 Å². The zero-order valence-electron chi connectivity index (χ0n) is 13.3. The first-order valence-corrected chi connectivity index (χ1v) is 8.28. The highest BCUT2D eigenvalue weighted by Gasteiger charge is 2.37. The van der Waals surface area contributed by atoms with Crippen molar-refractivity contribution in [1.29, 1.82) is 0 Å². The summed E-state index contributed by atoms with van der Waals surface area (Å²) in [7, 11) is 0. The fraction of sp³-hybridized carbons (Fsp3) is 0.167. The van der Waals surface area contributed by atoms with Crippen LogP contribution in [0.2, 0.25) is 0 Å². The van der Waals surface area contributed by atoms with E-state index in [-0.39, 0.29) is 5.75 Å². The number of fused-ring (bicyclic) bond motifs is 1. The number of thiophene rings is 1. The van der Waals surface area contributed by atoms with Gasteiger partial charge in [-0.05, 0) is 47.9 Å². The second-order valence-electron chi connectivity index (χ2n) is 5.62. The quantitative estimate of drug-likeness (QED) is 0.375. The molecule has 1 aromatic heterocycles. The van der Waals surface area contributed by atoms with E-state index in [4.69, 9.17) is 4.74 Å². The lowest BCUT2D eigenvalue weighted by molar-refractivity contribution is -0.142. The molecule has 142 valence electrons. The summed E-state index contributed by atoms with van der Waals surface area (Å²) < 4.78 is 83.7. The highest BCUT2D eigenvalue weighted by Crippen LogP contribution is 2.37. The lowest BCUT2D eigenvalue weighted by atomic mass is 10.0. The third-order valence-electron chi connectivity index (χ3n) is 3.76. The molecule has 0 amide bonds. The summed E-state index contributed by atoms with van der Waals surface area (Å²) >= 11 is 1.17. The number of hydrogen-bond donors (Lipinski definition) is 0. The van der Waals surface area contributed by atoms with Gasteiger partial charge in [0.15, 0.2) is 6.29 Å².